The zero-order valence-corrected chi connectivity index (χ0v) is 9.66. The van der Waals surface area contributed by atoms with Crippen LogP contribution >= 0.6 is 0 Å². The first-order valence-corrected chi connectivity index (χ1v) is 5.36. The molecule has 16 heavy (non-hydrogen) atoms. The van der Waals surface area contributed by atoms with Gasteiger partial charge in [-0.05, 0) is 6.42 Å². The highest BCUT2D eigenvalue weighted by atomic mass is 16.5. The zero-order chi connectivity index (χ0) is 12.1. The SMILES string of the molecule is COC(=O)C1=CCC([NH+](C)CC(=O)O)CC1. The number of hydrogen-bond acceptors (Lipinski definition) is 3. The number of likely N-dealkylation sites (N-methyl/N-ethyl adjacent to an activating group) is 1. The van der Waals surface area contributed by atoms with Crippen LogP contribution in [0.3, 0.4) is 0 Å². The summed E-state index contributed by atoms with van der Waals surface area (Å²) in [6, 6.07) is 0.282. The van der Waals surface area contributed by atoms with Gasteiger partial charge in [0.2, 0.25) is 0 Å². The van der Waals surface area contributed by atoms with Crippen LogP contribution in [0.5, 0.6) is 0 Å². The van der Waals surface area contributed by atoms with Gasteiger partial charge >= 0.3 is 11.9 Å². The molecule has 2 atom stereocenters. The number of nitrogens with one attached hydrogen (secondary N) is 1. The second-order valence-corrected chi connectivity index (χ2v) is 4.11. The summed E-state index contributed by atoms with van der Waals surface area (Å²) in [4.78, 5) is 22.8. The molecule has 1 rings (SSSR count). The monoisotopic (exact) mass is 228 g/mol. The first kappa shape index (κ1) is 12.7. The molecule has 1 aliphatic rings. The van der Waals surface area contributed by atoms with Crippen molar-refractivity contribution in [1.29, 1.82) is 0 Å². The number of carbonyl (C=O) groups is 2. The van der Waals surface area contributed by atoms with Crippen molar-refractivity contribution in [2.45, 2.75) is 25.3 Å². The van der Waals surface area contributed by atoms with Crippen LogP contribution in [0, 0.1) is 0 Å². The minimum absolute atomic E-state index is 0.117. The molecule has 0 saturated carbocycles. The van der Waals surface area contributed by atoms with Gasteiger partial charge in [-0.1, -0.05) is 6.08 Å². The normalized spacial score (nSPS) is 22.1. The molecule has 0 radical (unpaired) electrons. The fraction of sp³-hybridized carbons (Fsp3) is 0.636. The third kappa shape index (κ3) is 3.34. The van der Waals surface area contributed by atoms with E-state index in [9.17, 15) is 9.59 Å². The number of hydrogen-bond donors (Lipinski definition) is 2. The summed E-state index contributed by atoms with van der Waals surface area (Å²) in [5, 5.41) is 8.68. The van der Waals surface area contributed by atoms with Crippen molar-refractivity contribution in [1.82, 2.24) is 0 Å². The molecule has 0 spiro atoms. The standard InChI is InChI=1S/C11H17NO4/c1-12(7-10(13)14)9-5-3-8(4-6-9)11(15)16-2/h3,9H,4-7H2,1-2H3,(H,13,14)/p+1. The number of carboxylic acid groups (broad SMARTS) is 1. The van der Waals surface area contributed by atoms with Crippen molar-refractivity contribution < 1.29 is 24.3 Å². The molecule has 0 aromatic heterocycles. The van der Waals surface area contributed by atoms with E-state index in [2.05, 4.69) is 4.74 Å². The second-order valence-electron chi connectivity index (χ2n) is 4.11. The van der Waals surface area contributed by atoms with Crippen molar-refractivity contribution in [3.8, 4) is 0 Å². The van der Waals surface area contributed by atoms with Crippen LogP contribution in [0.15, 0.2) is 11.6 Å². The van der Waals surface area contributed by atoms with E-state index in [1.165, 1.54) is 7.11 Å². The van der Waals surface area contributed by atoms with Crippen LogP contribution in [0.2, 0.25) is 0 Å². The fourth-order valence-corrected chi connectivity index (χ4v) is 1.98. The third-order valence-electron chi connectivity index (χ3n) is 2.99. The molecule has 0 heterocycles. The van der Waals surface area contributed by atoms with Gasteiger partial charge in [-0.2, -0.15) is 0 Å². The van der Waals surface area contributed by atoms with E-state index in [0.717, 1.165) is 17.7 Å². The Labute approximate surface area is 94.7 Å². The average Bonchev–Trinajstić information content (AvgIpc) is 2.27. The van der Waals surface area contributed by atoms with Gasteiger partial charge in [-0.25, -0.2) is 9.59 Å². The lowest BCUT2D eigenvalue weighted by Gasteiger charge is -2.26. The number of aliphatic carboxylic acids is 1. The Morgan fingerprint density at radius 3 is 2.75 bits per heavy atom. The molecule has 0 saturated heterocycles. The molecule has 5 heteroatoms. The molecule has 5 nitrogen and oxygen atoms in total. The Hall–Kier alpha value is -1.36. The molecule has 0 aromatic carbocycles. The average molecular weight is 228 g/mol. The summed E-state index contributed by atoms with van der Waals surface area (Å²) in [5.74, 6) is -1.06. The van der Waals surface area contributed by atoms with E-state index < -0.39 is 5.97 Å². The summed E-state index contributed by atoms with van der Waals surface area (Å²) in [5.41, 5.74) is 0.710. The topological polar surface area (TPSA) is 68.0 Å². The lowest BCUT2D eigenvalue weighted by atomic mass is 9.94. The number of methoxy groups -OCH3 is 1. The van der Waals surface area contributed by atoms with Gasteiger partial charge in [0.15, 0.2) is 6.54 Å². The largest absolute Gasteiger partial charge is 0.477 e. The molecule has 2 unspecified atom stereocenters. The third-order valence-corrected chi connectivity index (χ3v) is 2.99. The van der Waals surface area contributed by atoms with Crippen molar-refractivity contribution in [3.05, 3.63) is 11.6 Å². The van der Waals surface area contributed by atoms with Crippen LogP contribution in [0.4, 0.5) is 0 Å². The van der Waals surface area contributed by atoms with E-state index in [1.54, 1.807) is 0 Å². The Morgan fingerprint density at radius 2 is 2.31 bits per heavy atom. The first-order chi connectivity index (χ1) is 7.54. The maximum atomic E-state index is 11.2. The number of rotatable bonds is 4. The number of carboxylic acids is 1. The number of quaternary nitrogens is 1. The van der Waals surface area contributed by atoms with Gasteiger partial charge in [0.1, 0.15) is 0 Å². The maximum Gasteiger partial charge on any atom is 0.359 e. The zero-order valence-electron chi connectivity index (χ0n) is 9.66. The Kier molecular flexibility index (Phi) is 4.49. The van der Waals surface area contributed by atoms with Crippen LogP contribution in [0.1, 0.15) is 19.3 Å². The van der Waals surface area contributed by atoms with Gasteiger partial charge in [0, 0.05) is 18.4 Å². The van der Waals surface area contributed by atoms with Gasteiger partial charge < -0.3 is 14.7 Å². The number of ether oxygens (including phenoxy) is 1. The molecule has 0 fully saturated rings. The summed E-state index contributed by atoms with van der Waals surface area (Å²) < 4.78 is 4.64. The minimum Gasteiger partial charge on any atom is -0.477 e. The van der Waals surface area contributed by atoms with Crippen molar-refractivity contribution in [3.63, 3.8) is 0 Å². The highest BCUT2D eigenvalue weighted by molar-refractivity contribution is 5.88. The van der Waals surface area contributed by atoms with Crippen LogP contribution in [-0.2, 0) is 14.3 Å². The molecule has 0 aromatic rings. The van der Waals surface area contributed by atoms with E-state index >= 15 is 0 Å². The summed E-state index contributed by atoms with van der Waals surface area (Å²) >= 11 is 0. The Morgan fingerprint density at radius 1 is 1.62 bits per heavy atom. The van der Waals surface area contributed by atoms with E-state index in [4.69, 9.17) is 5.11 Å². The van der Waals surface area contributed by atoms with Crippen molar-refractivity contribution >= 4 is 11.9 Å². The lowest BCUT2D eigenvalue weighted by molar-refractivity contribution is -0.898. The summed E-state index contributed by atoms with van der Waals surface area (Å²) in [7, 11) is 3.24. The van der Waals surface area contributed by atoms with Crippen LogP contribution in [0.25, 0.3) is 0 Å². The quantitative estimate of drug-likeness (QED) is 0.620. The van der Waals surface area contributed by atoms with Gasteiger partial charge in [-0.3, -0.25) is 0 Å². The lowest BCUT2D eigenvalue weighted by Crippen LogP contribution is -3.13. The first-order valence-electron chi connectivity index (χ1n) is 5.36. The molecular weight excluding hydrogens is 210 g/mol. The smallest absolute Gasteiger partial charge is 0.359 e. The van der Waals surface area contributed by atoms with Crippen LogP contribution in [-0.4, -0.2) is 43.8 Å². The molecule has 0 amide bonds. The molecular formula is C11H18NO4+. The predicted molar refractivity (Wildman–Crippen MR) is 57.1 cm³/mol. The molecule has 1 aliphatic carbocycles. The van der Waals surface area contributed by atoms with E-state index in [1.807, 2.05) is 13.1 Å². The fourth-order valence-electron chi connectivity index (χ4n) is 1.98. The number of esters is 1. The predicted octanol–water partition coefficient (Wildman–Crippen LogP) is -0.762. The summed E-state index contributed by atoms with van der Waals surface area (Å²) in [6.07, 6.45) is 4.11. The van der Waals surface area contributed by atoms with Gasteiger partial charge in [0.25, 0.3) is 0 Å². The Bertz CT molecular complexity index is 311. The van der Waals surface area contributed by atoms with Crippen LogP contribution < -0.4 is 4.90 Å². The van der Waals surface area contributed by atoms with E-state index in [0.29, 0.717) is 12.0 Å². The second kappa shape index (κ2) is 5.65. The summed E-state index contributed by atoms with van der Waals surface area (Å²) in [6.45, 7) is 0.117. The molecule has 2 N–H and O–H groups in total. The maximum absolute atomic E-state index is 11.2. The van der Waals surface area contributed by atoms with E-state index in [-0.39, 0.29) is 18.6 Å². The highest BCUT2D eigenvalue weighted by Crippen LogP contribution is 2.17. The van der Waals surface area contributed by atoms with Gasteiger partial charge in [0.05, 0.1) is 20.2 Å². The highest BCUT2D eigenvalue weighted by Gasteiger charge is 2.25. The molecule has 0 bridgehead atoms. The Balaban J connectivity index is 2.50. The van der Waals surface area contributed by atoms with Gasteiger partial charge in [-0.15, -0.1) is 0 Å². The molecule has 0 aliphatic heterocycles. The minimum atomic E-state index is -0.791. The molecule has 90 valence electrons. The van der Waals surface area contributed by atoms with Crippen molar-refractivity contribution in [2.75, 3.05) is 20.7 Å². The number of carbonyl (C=O) groups excluding carboxylic acids is 1. The van der Waals surface area contributed by atoms with Crippen molar-refractivity contribution in [2.24, 2.45) is 0 Å².